The van der Waals surface area contributed by atoms with E-state index in [1.165, 1.54) is 11.3 Å². The van der Waals surface area contributed by atoms with Gasteiger partial charge in [-0.2, -0.15) is 0 Å². The molecule has 6 nitrogen and oxygen atoms in total. The minimum absolute atomic E-state index is 0.347. The number of thiophene rings is 1. The molecule has 0 aliphatic heterocycles. The lowest BCUT2D eigenvalue weighted by molar-refractivity contribution is -0.128. The van der Waals surface area contributed by atoms with Crippen molar-refractivity contribution in [3.8, 4) is 11.5 Å². The summed E-state index contributed by atoms with van der Waals surface area (Å²) in [4.78, 5) is 25.3. The van der Waals surface area contributed by atoms with E-state index in [-0.39, 0.29) is 5.91 Å². The van der Waals surface area contributed by atoms with Crippen molar-refractivity contribution in [2.24, 2.45) is 0 Å². The summed E-state index contributed by atoms with van der Waals surface area (Å²) in [5.74, 6) is 0.483. The van der Waals surface area contributed by atoms with Crippen LogP contribution in [0, 0.1) is 6.92 Å². The lowest BCUT2D eigenvalue weighted by Crippen LogP contribution is -2.47. The molecule has 2 amide bonds. The van der Waals surface area contributed by atoms with Crippen LogP contribution in [0.3, 0.4) is 0 Å². The van der Waals surface area contributed by atoms with E-state index < -0.39 is 12.0 Å². The molecule has 28 heavy (non-hydrogen) atoms. The van der Waals surface area contributed by atoms with E-state index in [0.29, 0.717) is 17.2 Å². The lowest BCUT2D eigenvalue weighted by atomic mass is 10.1. The number of nitrogens with one attached hydrogen (secondary N) is 2. The number of benzene rings is 2. The van der Waals surface area contributed by atoms with Crippen LogP contribution in [0.4, 0.5) is 0 Å². The van der Waals surface area contributed by atoms with Gasteiger partial charge in [-0.05, 0) is 62.1 Å². The predicted octanol–water partition coefficient (Wildman–Crippen LogP) is 3.84. The molecule has 1 aromatic heterocycles. The van der Waals surface area contributed by atoms with Gasteiger partial charge in [0, 0.05) is 4.70 Å². The molecule has 0 bridgehead atoms. The van der Waals surface area contributed by atoms with Gasteiger partial charge in [0.2, 0.25) is 0 Å². The Kier molecular flexibility index (Phi) is 6.16. The van der Waals surface area contributed by atoms with Gasteiger partial charge in [-0.1, -0.05) is 18.2 Å². The van der Waals surface area contributed by atoms with Gasteiger partial charge in [0.15, 0.2) is 6.10 Å². The molecule has 2 aromatic carbocycles. The molecule has 3 aromatic rings. The highest BCUT2D eigenvalue weighted by atomic mass is 32.1. The summed E-state index contributed by atoms with van der Waals surface area (Å²) in [6.45, 7) is 6.00. The molecule has 1 unspecified atom stereocenters. The summed E-state index contributed by atoms with van der Waals surface area (Å²) in [5.41, 5.74) is 5.78. The van der Waals surface area contributed by atoms with E-state index in [0.717, 1.165) is 21.4 Å². The Hall–Kier alpha value is -3.06. The second-order valence-electron chi connectivity index (χ2n) is 6.16. The molecule has 1 atom stereocenters. The second kappa shape index (κ2) is 8.75. The zero-order chi connectivity index (χ0) is 20.1. The molecule has 2 N–H and O–H groups in total. The zero-order valence-corrected chi connectivity index (χ0v) is 16.8. The Balaban J connectivity index is 1.56. The number of carbonyl (C=O) groups excluding carboxylic acids is 2. The number of ether oxygens (including phenoxy) is 2. The number of hydrogen-bond acceptors (Lipinski definition) is 5. The SMILES string of the molecule is CCOc1ccc(OC(C)C(=O)NNC(=O)c2sc3ccccc3c2C)cc1. The van der Waals surface area contributed by atoms with Crippen molar-refractivity contribution in [2.45, 2.75) is 26.9 Å². The normalized spacial score (nSPS) is 11.7. The fourth-order valence-electron chi connectivity index (χ4n) is 2.71. The summed E-state index contributed by atoms with van der Waals surface area (Å²) >= 11 is 1.39. The molecular weight excluding hydrogens is 376 g/mol. The average molecular weight is 398 g/mol. The zero-order valence-electron chi connectivity index (χ0n) is 15.9. The van der Waals surface area contributed by atoms with Gasteiger partial charge < -0.3 is 9.47 Å². The van der Waals surface area contributed by atoms with Crippen LogP contribution in [0.1, 0.15) is 29.1 Å². The smallest absolute Gasteiger partial charge is 0.280 e. The van der Waals surface area contributed by atoms with Gasteiger partial charge in [-0.15, -0.1) is 11.3 Å². The summed E-state index contributed by atoms with van der Waals surface area (Å²) in [7, 11) is 0. The van der Waals surface area contributed by atoms with Gasteiger partial charge in [0.1, 0.15) is 11.5 Å². The van der Waals surface area contributed by atoms with Crippen LogP contribution in [0.2, 0.25) is 0 Å². The van der Waals surface area contributed by atoms with Gasteiger partial charge >= 0.3 is 0 Å². The molecule has 0 saturated heterocycles. The van der Waals surface area contributed by atoms with Crippen LogP contribution < -0.4 is 20.3 Å². The summed E-state index contributed by atoms with van der Waals surface area (Å²) in [6.07, 6.45) is -0.776. The molecular formula is C21H22N2O4S. The Morgan fingerprint density at radius 1 is 1.04 bits per heavy atom. The van der Waals surface area contributed by atoms with Crippen LogP contribution in [-0.2, 0) is 4.79 Å². The van der Waals surface area contributed by atoms with Crippen molar-refractivity contribution in [3.05, 3.63) is 59.0 Å². The van der Waals surface area contributed by atoms with Crippen LogP contribution in [0.5, 0.6) is 11.5 Å². The fourth-order valence-corrected chi connectivity index (χ4v) is 3.81. The van der Waals surface area contributed by atoms with Gasteiger partial charge in [0.05, 0.1) is 11.5 Å². The average Bonchev–Trinajstić information content (AvgIpc) is 3.04. The van der Waals surface area contributed by atoms with Crippen molar-refractivity contribution in [1.29, 1.82) is 0 Å². The number of carbonyl (C=O) groups is 2. The fraction of sp³-hybridized carbons (Fsp3) is 0.238. The van der Waals surface area contributed by atoms with Crippen molar-refractivity contribution < 1.29 is 19.1 Å². The molecule has 0 fully saturated rings. The standard InChI is InChI=1S/C21H22N2O4S/c1-4-26-15-9-11-16(12-10-15)27-14(3)20(24)22-23-21(25)19-13(2)17-7-5-6-8-18(17)28-19/h5-12,14H,4H2,1-3H3,(H,22,24)(H,23,25). The summed E-state index contributed by atoms with van der Waals surface area (Å²) in [6, 6.07) is 14.8. The van der Waals surface area contributed by atoms with Crippen molar-refractivity contribution in [3.63, 3.8) is 0 Å². The first-order chi connectivity index (χ1) is 13.5. The first kappa shape index (κ1) is 19.7. The molecule has 0 radical (unpaired) electrons. The third-order valence-electron chi connectivity index (χ3n) is 4.17. The van der Waals surface area contributed by atoms with Crippen LogP contribution in [0.15, 0.2) is 48.5 Å². The van der Waals surface area contributed by atoms with E-state index in [4.69, 9.17) is 9.47 Å². The first-order valence-electron chi connectivity index (χ1n) is 8.97. The van der Waals surface area contributed by atoms with Crippen molar-refractivity contribution in [2.75, 3.05) is 6.61 Å². The third kappa shape index (κ3) is 4.43. The number of aryl methyl sites for hydroxylation is 1. The number of rotatable bonds is 6. The minimum Gasteiger partial charge on any atom is -0.494 e. The Labute approximate surface area is 167 Å². The highest BCUT2D eigenvalue weighted by molar-refractivity contribution is 7.21. The Bertz CT molecular complexity index is 982. The van der Waals surface area contributed by atoms with Crippen LogP contribution >= 0.6 is 11.3 Å². The van der Waals surface area contributed by atoms with E-state index >= 15 is 0 Å². The number of hydrazine groups is 1. The van der Waals surface area contributed by atoms with E-state index in [1.807, 2.05) is 38.1 Å². The molecule has 1 heterocycles. The van der Waals surface area contributed by atoms with E-state index in [2.05, 4.69) is 10.9 Å². The van der Waals surface area contributed by atoms with E-state index in [1.54, 1.807) is 31.2 Å². The molecule has 0 aliphatic rings. The monoisotopic (exact) mass is 398 g/mol. The van der Waals surface area contributed by atoms with Gasteiger partial charge in [-0.25, -0.2) is 0 Å². The Morgan fingerprint density at radius 2 is 1.71 bits per heavy atom. The number of amides is 2. The maximum atomic E-state index is 12.4. The van der Waals surface area contributed by atoms with Crippen LogP contribution in [-0.4, -0.2) is 24.5 Å². The molecule has 3 rings (SSSR count). The van der Waals surface area contributed by atoms with Gasteiger partial charge in [0.25, 0.3) is 11.8 Å². The largest absolute Gasteiger partial charge is 0.494 e. The molecule has 146 valence electrons. The maximum Gasteiger partial charge on any atom is 0.280 e. The molecule has 0 saturated carbocycles. The molecule has 7 heteroatoms. The Morgan fingerprint density at radius 3 is 2.39 bits per heavy atom. The van der Waals surface area contributed by atoms with Crippen molar-refractivity contribution in [1.82, 2.24) is 10.9 Å². The maximum absolute atomic E-state index is 12.4. The van der Waals surface area contributed by atoms with Crippen molar-refractivity contribution >= 4 is 33.2 Å². The summed E-state index contributed by atoms with van der Waals surface area (Å²) < 4.78 is 12.0. The van der Waals surface area contributed by atoms with E-state index in [9.17, 15) is 9.59 Å². The quantitative estimate of drug-likeness (QED) is 0.619. The molecule has 0 aliphatic carbocycles. The van der Waals surface area contributed by atoms with Crippen LogP contribution in [0.25, 0.3) is 10.1 Å². The highest BCUT2D eigenvalue weighted by Gasteiger charge is 2.18. The third-order valence-corrected chi connectivity index (χ3v) is 5.44. The lowest BCUT2D eigenvalue weighted by Gasteiger charge is -2.15. The highest BCUT2D eigenvalue weighted by Crippen LogP contribution is 2.30. The van der Waals surface area contributed by atoms with Gasteiger partial charge in [-0.3, -0.25) is 20.4 Å². The summed E-state index contributed by atoms with van der Waals surface area (Å²) in [5, 5.41) is 1.04. The molecule has 0 spiro atoms. The first-order valence-corrected chi connectivity index (χ1v) is 9.79. The minimum atomic E-state index is -0.776. The topological polar surface area (TPSA) is 76.7 Å². The second-order valence-corrected chi connectivity index (χ2v) is 7.21. The predicted molar refractivity (Wildman–Crippen MR) is 110 cm³/mol. The number of fused-ring (bicyclic) bond motifs is 1. The number of hydrogen-bond donors (Lipinski definition) is 2.